The van der Waals surface area contributed by atoms with Gasteiger partial charge in [0.25, 0.3) is 11.8 Å². The van der Waals surface area contributed by atoms with Crippen molar-refractivity contribution in [2.75, 3.05) is 18.4 Å². The largest absolute Gasteiger partial charge is 0.341 e. The molecule has 0 saturated carbocycles. The second-order valence-electron chi connectivity index (χ2n) is 12.8. The molecule has 2 N–H and O–H groups in total. The van der Waals surface area contributed by atoms with Crippen molar-refractivity contribution < 1.29 is 14.4 Å². The first kappa shape index (κ1) is 31.9. The zero-order valence-electron chi connectivity index (χ0n) is 26.8. The Kier molecular flexibility index (Phi) is 9.31. The van der Waals surface area contributed by atoms with Crippen molar-refractivity contribution in [3.05, 3.63) is 131 Å². The topological polar surface area (TPSA) is 91.4 Å². The quantitative estimate of drug-likeness (QED) is 0.179. The first-order valence-electron chi connectivity index (χ1n) is 15.9. The molecule has 8 heteroatoms. The lowest BCUT2D eigenvalue weighted by Crippen LogP contribution is -2.41. The molecule has 3 amide bonds. The first-order valence-corrected chi connectivity index (χ1v) is 16.8. The van der Waals surface area contributed by atoms with Gasteiger partial charge in [-0.2, -0.15) is 0 Å². The van der Waals surface area contributed by atoms with E-state index in [1.54, 1.807) is 18.2 Å². The minimum atomic E-state index is -0.772. The maximum Gasteiger partial charge on any atom is 0.258 e. The lowest BCUT2D eigenvalue weighted by molar-refractivity contribution is -0.132. The highest BCUT2D eigenvalue weighted by Crippen LogP contribution is 2.30. The maximum absolute atomic E-state index is 13.5. The fraction of sp³-hybridized carbons (Fsp3) is 0.231. The van der Waals surface area contributed by atoms with Crippen molar-refractivity contribution in [3.8, 4) is 22.4 Å². The number of thiazole rings is 1. The van der Waals surface area contributed by atoms with Crippen molar-refractivity contribution in [1.82, 2.24) is 15.2 Å². The van der Waals surface area contributed by atoms with Crippen molar-refractivity contribution in [2.45, 2.75) is 45.1 Å². The Morgan fingerprint density at radius 2 is 1.49 bits per heavy atom. The number of amides is 3. The summed E-state index contributed by atoms with van der Waals surface area (Å²) < 4.78 is 0. The number of carbonyl (C=O) groups is 3. The van der Waals surface area contributed by atoms with Gasteiger partial charge >= 0.3 is 0 Å². The van der Waals surface area contributed by atoms with Gasteiger partial charge in [-0.25, -0.2) is 4.98 Å². The summed E-state index contributed by atoms with van der Waals surface area (Å²) in [6.45, 7) is 7.93. The number of hydrogen-bond acceptors (Lipinski definition) is 5. The molecule has 1 fully saturated rings. The summed E-state index contributed by atoms with van der Waals surface area (Å²) in [5, 5.41) is 8.25. The van der Waals surface area contributed by atoms with Crippen LogP contribution in [0.3, 0.4) is 0 Å². The van der Waals surface area contributed by atoms with E-state index in [-0.39, 0.29) is 23.1 Å². The van der Waals surface area contributed by atoms with Crippen LogP contribution in [0.25, 0.3) is 22.4 Å². The third-order valence-corrected chi connectivity index (χ3v) is 9.21. The lowest BCUT2D eigenvalue weighted by Gasteiger charge is -2.24. The second-order valence-corrected chi connectivity index (χ2v) is 13.7. The van der Waals surface area contributed by atoms with Crippen LogP contribution < -0.4 is 10.6 Å². The number of benzene rings is 4. The molecule has 1 aliphatic rings. The van der Waals surface area contributed by atoms with Crippen LogP contribution in [-0.2, 0) is 10.2 Å². The number of aromatic nitrogens is 1. The summed E-state index contributed by atoms with van der Waals surface area (Å²) in [5.41, 5.74) is 6.18. The maximum atomic E-state index is 13.5. The van der Waals surface area contributed by atoms with Crippen molar-refractivity contribution in [3.63, 3.8) is 0 Å². The number of nitrogens with one attached hydrogen (secondary N) is 2. The van der Waals surface area contributed by atoms with E-state index in [4.69, 9.17) is 0 Å². The Labute approximate surface area is 279 Å². The van der Waals surface area contributed by atoms with Crippen LogP contribution in [0.5, 0.6) is 0 Å². The van der Waals surface area contributed by atoms with E-state index in [2.05, 4.69) is 60.7 Å². The molecule has 0 radical (unpaired) electrons. The van der Waals surface area contributed by atoms with Crippen LogP contribution in [0, 0.1) is 0 Å². The number of likely N-dealkylation sites (tertiary alicyclic amines) is 1. The predicted molar refractivity (Wildman–Crippen MR) is 189 cm³/mol. The van der Waals surface area contributed by atoms with Crippen molar-refractivity contribution in [2.24, 2.45) is 0 Å². The number of nitrogens with zero attached hydrogens (tertiary/aromatic N) is 2. The van der Waals surface area contributed by atoms with Gasteiger partial charge in [-0.05, 0) is 58.7 Å². The summed E-state index contributed by atoms with van der Waals surface area (Å²) in [6.07, 6.45) is 1.94. The summed E-state index contributed by atoms with van der Waals surface area (Å²) in [6, 6.07) is 31.6. The second kappa shape index (κ2) is 13.7. The van der Waals surface area contributed by atoms with E-state index in [9.17, 15) is 14.4 Å². The molecule has 1 aromatic heterocycles. The molecule has 4 aromatic carbocycles. The lowest BCUT2D eigenvalue weighted by atomic mass is 9.86. The van der Waals surface area contributed by atoms with Crippen LogP contribution in [0.2, 0.25) is 0 Å². The fourth-order valence-corrected chi connectivity index (χ4v) is 6.51. The van der Waals surface area contributed by atoms with Gasteiger partial charge in [-0.15, -0.1) is 11.3 Å². The molecule has 1 aliphatic heterocycles. The van der Waals surface area contributed by atoms with Crippen molar-refractivity contribution >= 4 is 34.2 Å². The molecule has 238 valence electrons. The Morgan fingerprint density at radius 1 is 0.787 bits per heavy atom. The molecule has 47 heavy (non-hydrogen) atoms. The van der Waals surface area contributed by atoms with E-state index in [0.717, 1.165) is 35.1 Å². The Morgan fingerprint density at radius 3 is 2.21 bits per heavy atom. The van der Waals surface area contributed by atoms with E-state index >= 15 is 0 Å². The van der Waals surface area contributed by atoms with E-state index in [0.29, 0.717) is 35.0 Å². The normalized spacial score (nSPS) is 13.6. The van der Waals surface area contributed by atoms with Crippen LogP contribution in [-0.4, -0.2) is 40.7 Å². The zero-order chi connectivity index (χ0) is 33.0. The SMILES string of the molecule is CC(C)(C)c1ccc(-c2ccccc2C(=O)Nc2nc(-c3cccc(C(=O)NC(C(=O)N4CCCC4)c4ccccc4)c3)cs2)cc1. The number of hydrogen-bond donors (Lipinski definition) is 2. The third-order valence-electron chi connectivity index (χ3n) is 8.45. The summed E-state index contributed by atoms with van der Waals surface area (Å²) >= 11 is 1.32. The van der Waals surface area contributed by atoms with Crippen LogP contribution in [0.1, 0.15) is 71.5 Å². The Hall–Kier alpha value is -5.08. The third kappa shape index (κ3) is 7.34. The predicted octanol–water partition coefficient (Wildman–Crippen LogP) is 8.12. The number of carbonyl (C=O) groups excluding carboxylic acids is 3. The average molecular weight is 643 g/mol. The molecule has 6 rings (SSSR count). The highest BCUT2D eigenvalue weighted by atomic mass is 32.1. The van der Waals surface area contributed by atoms with Gasteiger partial charge in [0.05, 0.1) is 5.69 Å². The highest BCUT2D eigenvalue weighted by molar-refractivity contribution is 7.14. The van der Waals surface area contributed by atoms with Crippen molar-refractivity contribution in [1.29, 1.82) is 0 Å². The van der Waals surface area contributed by atoms with E-state index < -0.39 is 6.04 Å². The zero-order valence-corrected chi connectivity index (χ0v) is 27.6. The molecular weight excluding hydrogens is 605 g/mol. The van der Waals surface area contributed by atoms with Gasteiger partial charge < -0.3 is 10.2 Å². The van der Waals surface area contributed by atoms with Crippen LogP contribution >= 0.6 is 11.3 Å². The van der Waals surface area contributed by atoms with Gasteiger partial charge in [-0.3, -0.25) is 19.7 Å². The van der Waals surface area contributed by atoms with Gasteiger partial charge in [0, 0.05) is 35.2 Å². The molecule has 1 atom stereocenters. The van der Waals surface area contributed by atoms with Crippen LogP contribution in [0.15, 0.2) is 109 Å². The molecule has 0 spiro atoms. The van der Waals surface area contributed by atoms with E-state index in [1.807, 2.05) is 70.9 Å². The Balaban J connectivity index is 1.17. The molecule has 1 saturated heterocycles. The van der Waals surface area contributed by atoms with Gasteiger partial charge in [0.15, 0.2) is 5.13 Å². The van der Waals surface area contributed by atoms with Crippen LogP contribution in [0.4, 0.5) is 5.13 Å². The van der Waals surface area contributed by atoms with E-state index in [1.165, 1.54) is 16.9 Å². The minimum absolute atomic E-state index is 0.0399. The molecule has 2 heterocycles. The standard InChI is InChI=1S/C39H38N4O3S/c1-39(2,3)30-20-18-26(19-21-30)31-16-7-8-17-32(31)36(45)42-38-40-33(25-47-38)28-14-11-15-29(24-28)35(44)41-34(27-12-5-4-6-13-27)37(46)43-22-9-10-23-43/h4-8,11-21,24-25,34H,9-10,22-23H2,1-3H3,(H,41,44)(H,40,42,45). The average Bonchev–Trinajstić information content (AvgIpc) is 3.80. The molecule has 0 bridgehead atoms. The molecule has 0 aliphatic carbocycles. The molecule has 1 unspecified atom stereocenters. The van der Waals surface area contributed by atoms with Gasteiger partial charge in [-0.1, -0.05) is 106 Å². The monoisotopic (exact) mass is 642 g/mol. The molecular formula is C39H38N4O3S. The fourth-order valence-electron chi connectivity index (χ4n) is 5.80. The molecule has 5 aromatic rings. The summed E-state index contributed by atoms with van der Waals surface area (Å²) in [5.74, 6) is -0.685. The highest BCUT2D eigenvalue weighted by Gasteiger charge is 2.29. The first-order chi connectivity index (χ1) is 22.7. The smallest absolute Gasteiger partial charge is 0.258 e. The Bertz CT molecular complexity index is 1890. The summed E-state index contributed by atoms with van der Waals surface area (Å²) in [4.78, 5) is 46.9. The molecule has 7 nitrogen and oxygen atoms in total. The minimum Gasteiger partial charge on any atom is -0.341 e. The summed E-state index contributed by atoms with van der Waals surface area (Å²) in [7, 11) is 0. The van der Waals surface area contributed by atoms with Gasteiger partial charge in [0.2, 0.25) is 5.91 Å². The number of rotatable bonds is 8. The van der Waals surface area contributed by atoms with Gasteiger partial charge in [0.1, 0.15) is 6.04 Å². The number of anilines is 1.